The number of aromatic nitrogens is 2. The fourth-order valence-corrected chi connectivity index (χ4v) is 2.00. The number of aryl methyl sites for hydroxylation is 2. The Hall–Kier alpha value is -1.81. The Morgan fingerprint density at radius 3 is 2.59 bits per heavy atom. The van der Waals surface area contributed by atoms with Crippen LogP contribution < -0.4 is 11.3 Å². The predicted molar refractivity (Wildman–Crippen MR) is 68.4 cm³/mol. The van der Waals surface area contributed by atoms with E-state index < -0.39 is 0 Å². The average Bonchev–Trinajstić information content (AvgIpc) is 2.66. The van der Waals surface area contributed by atoms with Crippen LogP contribution in [0.25, 0.3) is 5.69 Å². The van der Waals surface area contributed by atoms with Gasteiger partial charge in [0.2, 0.25) is 0 Å². The van der Waals surface area contributed by atoms with Gasteiger partial charge in [-0.3, -0.25) is 9.89 Å². The minimum Gasteiger partial charge on any atom is -0.326 e. The highest BCUT2D eigenvalue weighted by molar-refractivity contribution is 5.40. The van der Waals surface area contributed by atoms with Crippen LogP contribution >= 0.6 is 0 Å². The van der Waals surface area contributed by atoms with Crippen LogP contribution in [0.1, 0.15) is 23.7 Å². The molecule has 2 aromatic rings. The molecule has 4 nitrogen and oxygen atoms in total. The molecule has 1 heterocycles. The zero-order valence-electron chi connectivity index (χ0n) is 10.2. The zero-order chi connectivity index (χ0) is 12.4. The summed E-state index contributed by atoms with van der Waals surface area (Å²) in [6.07, 6.45) is 0.778. The summed E-state index contributed by atoms with van der Waals surface area (Å²) >= 11 is 0. The molecule has 0 spiro atoms. The first-order valence-electron chi connectivity index (χ1n) is 5.77. The average molecular weight is 231 g/mol. The van der Waals surface area contributed by atoms with Crippen molar-refractivity contribution in [1.29, 1.82) is 0 Å². The maximum absolute atomic E-state index is 12.2. The molecule has 0 aliphatic carbocycles. The number of benzene rings is 1. The van der Waals surface area contributed by atoms with Gasteiger partial charge >= 0.3 is 0 Å². The normalized spacial score (nSPS) is 10.8. The first-order chi connectivity index (χ1) is 8.19. The lowest BCUT2D eigenvalue weighted by Crippen LogP contribution is -2.19. The van der Waals surface area contributed by atoms with Gasteiger partial charge in [-0.1, -0.05) is 25.1 Å². The van der Waals surface area contributed by atoms with Gasteiger partial charge in [-0.05, 0) is 25.0 Å². The van der Waals surface area contributed by atoms with Crippen molar-refractivity contribution in [3.63, 3.8) is 0 Å². The Kier molecular flexibility index (Phi) is 3.15. The van der Waals surface area contributed by atoms with Crippen LogP contribution in [0.4, 0.5) is 0 Å². The largest absolute Gasteiger partial charge is 0.326 e. The van der Waals surface area contributed by atoms with Gasteiger partial charge in [0.25, 0.3) is 5.56 Å². The van der Waals surface area contributed by atoms with Crippen molar-refractivity contribution in [2.75, 3.05) is 0 Å². The summed E-state index contributed by atoms with van der Waals surface area (Å²) in [5.74, 6) is 0. The molecular formula is C13H17N3O. The van der Waals surface area contributed by atoms with Crippen molar-refractivity contribution in [3.05, 3.63) is 51.4 Å². The topological polar surface area (TPSA) is 63.8 Å². The number of aromatic amines is 1. The Morgan fingerprint density at radius 2 is 2.06 bits per heavy atom. The molecule has 0 amide bonds. The second-order valence-corrected chi connectivity index (χ2v) is 4.05. The SMILES string of the molecule is CCc1[nH]n(-c2ccccc2C)c(=O)c1CN. The second-order valence-electron chi connectivity index (χ2n) is 4.05. The highest BCUT2D eigenvalue weighted by Crippen LogP contribution is 2.12. The summed E-state index contributed by atoms with van der Waals surface area (Å²) in [4.78, 5) is 12.2. The summed E-state index contributed by atoms with van der Waals surface area (Å²) in [6, 6.07) is 7.78. The fraction of sp³-hybridized carbons (Fsp3) is 0.308. The molecule has 0 unspecified atom stereocenters. The molecule has 0 aliphatic rings. The third-order valence-corrected chi connectivity index (χ3v) is 2.99. The Morgan fingerprint density at radius 1 is 1.35 bits per heavy atom. The molecule has 0 saturated carbocycles. The van der Waals surface area contributed by atoms with E-state index in [4.69, 9.17) is 5.73 Å². The number of nitrogens with zero attached hydrogens (tertiary/aromatic N) is 1. The van der Waals surface area contributed by atoms with E-state index in [0.717, 1.165) is 23.4 Å². The molecule has 0 saturated heterocycles. The molecule has 3 N–H and O–H groups in total. The van der Waals surface area contributed by atoms with E-state index in [1.54, 1.807) is 4.68 Å². The summed E-state index contributed by atoms with van der Waals surface area (Å²) in [5.41, 5.74) is 9.11. The van der Waals surface area contributed by atoms with E-state index in [1.165, 1.54) is 0 Å². The lowest BCUT2D eigenvalue weighted by molar-refractivity contribution is 0.814. The van der Waals surface area contributed by atoms with Crippen LogP contribution in [-0.4, -0.2) is 9.78 Å². The van der Waals surface area contributed by atoms with Crippen molar-refractivity contribution in [2.45, 2.75) is 26.8 Å². The van der Waals surface area contributed by atoms with Gasteiger partial charge in [0.15, 0.2) is 0 Å². The molecule has 0 aliphatic heterocycles. The monoisotopic (exact) mass is 231 g/mol. The van der Waals surface area contributed by atoms with Gasteiger partial charge in [0.1, 0.15) is 0 Å². The summed E-state index contributed by atoms with van der Waals surface area (Å²) in [6.45, 7) is 4.26. The van der Waals surface area contributed by atoms with Gasteiger partial charge in [-0.2, -0.15) is 0 Å². The number of nitrogens with two attached hydrogens (primary N) is 1. The van der Waals surface area contributed by atoms with Crippen LogP contribution in [0.5, 0.6) is 0 Å². The van der Waals surface area contributed by atoms with Crippen molar-refractivity contribution in [2.24, 2.45) is 5.73 Å². The van der Waals surface area contributed by atoms with Crippen molar-refractivity contribution in [3.8, 4) is 5.69 Å². The van der Waals surface area contributed by atoms with Crippen LogP contribution in [0.2, 0.25) is 0 Å². The molecule has 0 atom stereocenters. The Balaban J connectivity index is 2.65. The third-order valence-electron chi connectivity index (χ3n) is 2.99. The quantitative estimate of drug-likeness (QED) is 0.840. The zero-order valence-corrected chi connectivity index (χ0v) is 10.2. The molecular weight excluding hydrogens is 214 g/mol. The molecule has 0 fully saturated rings. The maximum atomic E-state index is 12.2. The molecule has 4 heteroatoms. The molecule has 1 aromatic heterocycles. The van der Waals surface area contributed by atoms with E-state index in [9.17, 15) is 4.79 Å². The van der Waals surface area contributed by atoms with E-state index in [0.29, 0.717) is 5.56 Å². The first kappa shape index (κ1) is 11.7. The predicted octanol–water partition coefficient (Wildman–Crippen LogP) is 1.50. The van der Waals surface area contributed by atoms with E-state index in [1.807, 2.05) is 38.1 Å². The van der Waals surface area contributed by atoms with Crippen LogP contribution in [0, 0.1) is 6.92 Å². The summed E-state index contributed by atoms with van der Waals surface area (Å²) < 4.78 is 1.58. The van der Waals surface area contributed by atoms with Gasteiger partial charge in [0, 0.05) is 12.2 Å². The number of H-pyrrole nitrogens is 1. The summed E-state index contributed by atoms with van der Waals surface area (Å²) in [5, 5.41) is 3.13. The van der Waals surface area contributed by atoms with Gasteiger partial charge in [-0.25, -0.2) is 4.68 Å². The lowest BCUT2D eigenvalue weighted by atomic mass is 10.2. The van der Waals surface area contributed by atoms with Crippen molar-refractivity contribution in [1.82, 2.24) is 9.78 Å². The van der Waals surface area contributed by atoms with E-state index >= 15 is 0 Å². The smallest absolute Gasteiger partial charge is 0.275 e. The number of hydrogen-bond donors (Lipinski definition) is 2. The molecule has 0 bridgehead atoms. The molecule has 1 aromatic carbocycles. The fourth-order valence-electron chi connectivity index (χ4n) is 2.00. The minimum absolute atomic E-state index is 0.0429. The van der Waals surface area contributed by atoms with Crippen LogP contribution in [-0.2, 0) is 13.0 Å². The first-order valence-corrected chi connectivity index (χ1v) is 5.77. The number of nitrogens with one attached hydrogen (secondary N) is 1. The maximum Gasteiger partial charge on any atom is 0.275 e. The molecule has 0 radical (unpaired) electrons. The van der Waals surface area contributed by atoms with E-state index in [-0.39, 0.29) is 12.1 Å². The molecule has 90 valence electrons. The van der Waals surface area contributed by atoms with Gasteiger partial charge in [0.05, 0.1) is 11.3 Å². The molecule has 17 heavy (non-hydrogen) atoms. The summed E-state index contributed by atoms with van der Waals surface area (Å²) in [7, 11) is 0. The van der Waals surface area contributed by atoms with Gasteiger partial charge < -0.3 is 5.73 Å². The standard InChI is InChI=1S/C13H17N3O/c1-3-11-10(8-14)13(17)16(15-11)12-7-5-4-6-9(12)2/h4-7,15H,3,8,14H2,1-2H3. The third kappa shape index (κ3) is 1.91. The molecule has 2 rings (SSSR count). The Labute approximate surface area is 100 Å². The Bertz CT molecular complexity index is 581. The second kappa shape index (κ2) is 4.59. The van der Waals surface area contributed by atoms with E-state index in [2.05, 4.69) is 5.10 Å². The highest BCUT2D eigenvalue weighted by Gasteiger charge is 2.13. The lowest BCUT2D eigenvalue weighted by Gasteiger charge is -2.04. The van der Waals surface area contributed by atoms with Crippen LogP contribution in [0.15, 0.2) is 29.1 Å². The minimum atomic E-state index is -0.0429. The number of para-hydroxylation sites is 1. The number of hydrogen-bond acceptors (Lipinski definition) is 2. The van der Waals surface area contributed by atoms with Gasteiger partial charge in [-0.15, -0.1) is 0 Å². The van der Waals surface area contributed by atoms with Crippen LogP contribution in [0.3, 0.4) is 0 Å². The van der Waals surface area contributed by atoms with Crippen molar-refractivity contribution >= 4 is 0 Å². The van der Waals surface area contributed by atoms with Crippen molar-refractivity contribution < 1.29 is 0 Å². The highest BCUT2D eigenvalue weighted by atomic mass is 16.1. The number of rotatable bonds is 3.